The van der Waals surface area contributed by atoms with Crippen LogP contribution in [0.5, 0.6) is 0 Å². The first-order chi connectivity index (χ1) is 17.9. The number of anilines is 1. The zero-order valence-electron chi connectivity index (χ0n) is 21.3. The minimum absolute atomic E-state index is 0.177. The molecule has 206 valence electrons. The Balaban J connectivity index is 1.23. The van der Waals surface area contributed by atoms with Crippen LogP contribution in [0, 0.1) is 11.3 Å². The van der Waals surface area contributed by atoms with Gasteiger partial charge in [-0.05, 0) is 63.8 Å². The highest BCUT2D eigenvalue weighted by Gasteiger charge is 2.41. The number of benzene rings is 1. The normalized spacial score (nSPS) is 19.9. The molecule has 0 unspecified atom stereocenters. The van der Waals surface area contributed by atoms with Crippen LogP contribution in [0.2, 0.25) is 0 Å². The summed E-state index contributed by atoms with van der Waals surface area (Å²) in [5.74, 6) is -1.27. The fourth-order valence-corrected chi connectivity index (χ4v) is 6.82. The predicted octanol–water partition coefficient (Wildman–Crippen LogP) is 3.83. The van der Waals surface area contributed by atoms with E-state index in [1.165, 1.54) is 19.1 Å². The molecule has 1 saturated carbocycles. The number of nitrogens with zero attached hydrogens (tertiary/aromatic N) is 4. The first-order valence-corrected chi connectivity index (χ1v) is 14.4. The average molecular weight is 553 g/mol. The lowest BCUT2D eigenvalue weighted by atomic mass is 10.0. The summed E-state index contributed by atoms with van der Waals surface area (Å²) in [4.78, 5) is 28.7. The molecule has 0 spiro atoms. The molecule has 1 aromatic rings. The van der Waals surface area contributed by atoms with Crippen LogP contribution in [0.4, 0.5) is 18.9 Å². The van der Waals surface area contributed by atoms with Crippen LogP contribution in [-0.2, 0) is 25.8 Å². The molecule has 8 nitrogen and oxygen atoms in total. The van der Waals surface area contributed by atoms with Crippen LogP contribution in [0.3, 0.4) is 0 Å². The zero-order chi connectivity index (χ0) is 27.7. The van der Waals surface area contributed by atoms with Gasteiger partial charge in [0, 0.05) is 37.3 Å². The van der Waals surface area contributed by atoms with Crippen molar-refractivity contribution in [1.29, 1.82) is 5.26 Å². The van der Waals surface area contributed by atoms with Gasteiger partial charge in [-0.3, -0.25) is 9.59 Å². The second kappa shape index (κ2) is 11.2. The van der Waals surface area contributed by atoms with Gasteiger partial charge in [0.1, 0.15) is 0 Å². The van der Waals surface area contributed by atoms with Gasteiger partial charge in [0.15, 0.2) is 0 Å². The van der Waals surface area contributed by atoms with Crippen LogP contribution >= 0.6 is 0 Å². The Morgan fingerprint density at radius 3 is 2.26 bits per heavy atom. The van der Waals surface area contributed by atoms with Gasteiger partial charge in [-0.15, -0.1) is 0 Å². The molecule has 0 bridgehead atoms. The van der Waals surface area contributed by atoms with Gasteiger partial charge in [-0.2, -0.15) is 22.7 Å². The maximum absolute atomic E-state index is 13.4. The first-order valence-electron chi connectivity index (χ1n) is 12.9. The van der Waals surface area contributed by atoms with Crippen molar-refractivity contribution >= 4 is 27.5 Å². The fraction of sp³-hybridized carbons (Fsp3) is 0.577. The van der Waals surface area contributed by atoms with Crippen molar-refractivity contribution in [2.75, 3.05) is 37.6 Å². The lowest BCUT2D eigenvalue weighted by molar-refractivity contribution is -0.138. The number of piperazine rings is 1. The summed E-state index contributed by atoms with van der Waals surface area (Å²) in [6.45, 7) is 4.87. The molecule has 0 atom stereocenters. The van der Waals surface area contributed by atoms with E-state index in [0.717, 1.165) is 62.7 Å². The first kappa shape index (κ1) is 28.3. The van der Waals surface area contributed by atoms with E-state index in [0.29, 0.717) is 37.6 Å². The Bertz CT molecular complexity index is 1270. The van der Waals surface area contributed by atoms with Crippen LogP contribution in [0.25, 0.3) is 0 Å². The zero-order valence-corrected chi connectivity index (χ0v) is 22.1. The maximum Gasteiger partial charge on any atom is 0.417 e. The molecular weight excluding hydrogens is 521 g/mol. The van der Waals surface area contributed by atoms with E-state index in [1.807, 2.05) is 0 Å². The van der Waals surface area contributed by atoms with Crippen molar-refractivity contribution in [3.8, 4) is 6.07 Å². The Morgan fingerprint density at radius 1 is 1.00 bits per heavy atom. The molecule has 2 amide bonds. The summed E-state index contributed by atoms with van der Waals surface area (Å²) in [7, 11) is -3.12. The molecular formula is C26H31F3N4O4S. The number of sulfonamides is 1. The number of hydrogen-bond acceptors (Lipinski definition) is 6. The van der Waals surface area contributed by atoms with Crippen LogP contribution < -0.4 is 4.90 Å². The van der Waals surface area contributed by atoms with Gasteiger partial charge in [0.2, 0.25) is 10.0 Å². The highest BCUT2D eigenvalue weighted by Crippen LogP contribution is 2.37. The predicted molar refractivity (Wildman–Crippen MR) is 134 cm³/mol. The number of hydrogen-bond donors (Lipinski definition) is 0. The van der Waals surface area contributed by atoms with Crippen molar-refractivity contribution in [3.63, 3.8) is 0 Å². The topological polar surface area (TPSA) is 102 Å². The molecule has 38 heavy (non-hydrogen) atoms. The van der Waals surface area contributed by atoms with Gasteiger partial charge in [0.05, 0.1) is 28.1 Å². The van der Waals surface area contributed by atoms with E-state index in [1.54, 1.807) is 4.31 Å². The lowest BCUT2D eigenvalue weighted by Crippen LogP contribution is -2.49. The van der Waals surface area contributed by atoms with E-state index in [-0.39, 0.29) is 16.5 Å². The van der Waals surface area contributed by atoms with Crippen LogP contribution in [-0.4, -0.2) is 67.4 Å². The summed E-state index contributed by atoms with van der Waals surface area (Å²) in [5, 5.41) is 8.81. The molecule has 12 heteroatoms. The number of carbonyl (C=O) groups excluding carboxylic acids is 2. The Morgan fingerprint density at radius 2 is 1.66 bits per heavy atom. The molecule has 0 N–H and O–H groups in total. The quantitative estimate of drug-likeness (QED) is 0.323. The van der Waals surface area contributed by atoms with Crippen molar-refractivity contribution in [2.24, 2.45) is 0 Å². The minimum atomic E-state index is -4.79. The highest BCUT2D eigenvalue weighted by atomic mass is 32.2. The summed E-state index contributed by atoms with van der Waals surface area (Å²) >= 11 is 0. The summed E-state index contributed by atoms with van der Waals surface area (Å²) in [5.41, 5.74) is -1.43. The largest absolute Gasteiger partial charge is 0.417 e. The molecule has 3 aliphatic rings. The Hall–Kier alpha value is -2.75. The van der Waals surface area contributed by atoms with Crippen LogP contribution in [0.1, 0.15) is 63.0 Å². The van der Waals surface area contributed by atoms with Gasteiger partial charge in [0.25, 0.3) is 11.8 Å². The Labute approximate surface area is 220 Å². The number of alkyl halides is 3. The monoisotopic (exact) mass is 552 g/mol. The van der Waals surface area contributed by atoms with E-state index in [2.05, 4.69) is 4.90 Å². The molecule has 0 radical (unpaired) electrons. The number of amides is 2. The molecule has 1 saturated heterocycles. The van der Waals surface area contributed by atoms with Gasteiger partial charge in [-0.1, -0.05) is 12.8 Å². The minimum Gasteiger partial charge on any atom is -0.301 e. The van der Waals surface area contributed by atoms with E-state index >= 15 is 0 Å². The van der Waals surface area contributed by atoms with Crippen molar-refractivity contribution < 1.29 is 31.2 Å². The van der Waals surface area contributed by atoms with E-state index in [4.69, 9.17) is 5.26 Å². The molecule has 4 rings (SSSR count). The number of carbonyl (C=O) groups is 2. The molecule has 0 aromatic heterocycles. The number of nitriles is 1. The molecule has 1 aliphatic carbocycles. The summed E-state index contributed by atoms with van der Waals surface area (Å²) in [6, 6.07) is 4.32. The smallest absolute Gasteiger partial charge is 0.301 e. The molecule has 2 fully saturated rings. The summed E-state index contributed by atoms with van der Waals surface area (Å²) in [6.07, 6.45) is 0.419. The average Bonchev–Trinajstić information content (AvgIpc) is 3.71. The molecule has 2 aliphatic heterocycles. The molecule has 1 aromatic carbocycles. The van der Waals surface area contributed by atoms with Crippen LogP contribution in [0.15, 0.2) is 29.3 Å². The maximum atomic E-state index is 13.4. The third-order valence-electron chi connectivity index (χ3n) is 7.41. The third-order valence-corrected chi connectivity index (χ3v) is 9.81. The number of imide groups is 1. The Kier molecular flexibility index (Phi) is 8.30. The second-order valence-electron chi connectivity index (χ2n) is 10.0. The number of halogens is 3. The highest BCUT2D eigenvalue weighted by molar-refractivity contribution is 7.90. The van der Waals surface area contributed by atoms with E-state index < -0.39 is 39.1 Å². The second-order valence-corrected chi connectivity index (χ2v) is 12.3. The lowest BCUT2D eigenvalue weighted by Gasteiger charge is -2.34. The van der Waals surface area contributed by atoms with Crippen molar-refractivity contribution in [3.05, 3.63) is 40.5 Å². The fourth-order valence-electron chi connectivity index (χ4n) is 4.99. The number of rotatable bonds is 10. The third kappa shape index (κ3) is 5.95. The number of unbranched alkanes of at least 4 members (excludes halogenated alkanes) is 3. The SMILES string of the molecule is CC1=C(CCCCCCN2CCN(S(=O)(=O)C3CC3)CC2)C(=O)N(c2ccc(C#N)c(C(F)(F)F)c2)C1=O. The van der Waals surface area contributed by atoms with Gasteiger partial charge < -0.3 is 4.90 Å². The van der Waals surface area contributed by atoms with Gasteiger partial charge >= 0.3 is 6.18 Å². The van der Waals surface area contributed by atoms with E-state index in [9.17, 15) is 31.2 Å². The van der Waals surface area contributed by atoms with Gasteiger partial charge in [-0.25, -0.2) is 13.3 Å². The molecule has 2 heterocycles. The van der Waals surface area contributed by atoms with Crippen molar-refractivity contribution in [1.82, 2.24) is 9.21 Å². The standard InChI is InChI=1S/C26H31F3N4O4S/c1-18-22(25(35)33(24(18)34)20-8-7-19(17-30)23(16-20)26(27,28)29)6-4-2-3-5-11-31-12-14-32(15-13-31)38(36,37)21-9-10-21/h7-8,16,21H,2-6,9-15H2,1H3. The summed E-state index contributed by atoms with van der Waals surface area (Å²) < 4.78 is 66.4. The van der Waals surface area contributed by atoms with Crippen molar-refractivity contribution in [2.45, 2.75) is 63.3 Å².